The fourth-order valence-corrected chi connectivity index (χ4v) is 2.17. The van der Waals surface area contributed by atoms with Crippen LogP contribution < -0.4 is 5.73 Å². The Bertz CT molecular complexity index is 356. The van der Waals surface area contributed by atoms with Gasteiger partial charge in [0.25, 0.3) is 0 Å². The topological polar surface area (TPSA) is 56.0 Å². The third-order valence-electron chi connectivity index (χ3n) is 3.12. The third-order valence-corrected chi connectivity index (χ3v) is 3.12. The van der Waals surface area contributed by atoms with Crippen LogP contribution in [-0.4, -0.2) is 10.8 Å². The van der Waals surface area contributed by atoms with E-state index in [1.54, 1.807) is 18.5 Å². The lowest BCUT2D eigenvalue weighted by atomic mass is 9.97. The molecule has 0 amide bonds. The predicted octanol–water partition coefficient (Wildman–Crippen LogP) is 1.97. The van der Waals surface area contributed by atoms with Crippen LogP contribution in [0.2, 0.25) is 0 Å². The molecule has 2 N–H and O–H groups in total. The van der Waals surface area contributed by atoms with E-state index in [9.17, 15) is 4.79 Å². The van der Waals surface area contributed by atoms with Crippen molar-refractivity contribution in [3.63, 3.8) is 0 Å². The average molecular weight is 204 g/mol. The quantitative estimate of drug-likeness (QED) is 0.818. The molecule has 3 nitrogen and oxygen atoms in total. The van der Waals surface area contributed by atoms with Crippen molar-refractivity contribution >= 4 is 11.5 Å². The Morgan fingerprint density at radius 3 is 2.87 bits per heavy atom. The molecule has 80 valence electrons. The summed E-state index contributed by atoms with van der Waals surface area (Å²) in [5, 5.41) is 0. The number of hydrogen-bond donors (Lipinski definition) is 1. The monoisotopic (exact) mass is 204 g/mol. The van der Waals surface area contributed by atoms with Crippen LogP contribution in [0.15, 0.2) is 18.5 Å². The van der Waals surface area contributed by atoms with Crippen LogP contribution in [0.25, 0.3) is 0 Å². The second-order valence-corrected chi connectivity index (χ2v) is 4.20. The highest BCUT2D eigenvalue weighted by Gasteiger charge is 2.22. The van der Waals surface area contributed by atoms with Crippen LogP contribution in [0.5, 0.6) is 0 Å². The van der Waals surface area contributed by atoms with E-state index in [2.05, 4.69) is 4.98 Å². The molecule has 1 aliphatic carbocycles. The Balaban J connectivity index is 2.02. The molecule has 1 heterocycles. The van der Waals surface area contributed by atoms with Gasteiger partial charge in [0.1, 0.15) is 5.78 Å². The van der Waals surface area contributed by atoms with Crippen molar-refractivity contribution in [1.82, 2.24) is 4.98 Å². The molecule has 1 saturated carbocycles. The number of ketones is 1. The van der Waals surface area contributed by atoms with Gasteiger partial charge in [-0.2, -0.15) is 0 Å². The molecule has 0 aromatic carbocycles. The van der Waals surface area contributed by atoms with Gasteiger partial charge in [0.15, 0.2) is 0 Å². The zero-order chi connectivity index (χ0) is 10.7. The molecule has 0 atom stereocenters. The summed E-state index contributed by atoms with van der Waals surface area (Å²) >= 11 is 0. The van der Waals surface area contributed by atoms with Crippen molar-refractivity contribution in [2.45, 2.75) is 32.1 Å². The van der Waals surface area contributed by atoms with Crippen LogP contribution in [0.3, 0.4) is 0 Å². The Kier molecular flexibility index (Phi) is 2.99. The Hall–Kier alpha value is -1.38. The molecule has 0 bridgehead atoms. The highest BCUT2D eigenvalue weighted by Crippen LogP contribution is 2.27. The lowest BCUT2D eigenvalue weighted by Crippen LogP contribution is -2.14. The van der Waals surface area contributed by atoms with Gasteiger partial charge in [-0.15, -0.1) is 0 Å². The molecule has 1 aliphatic rings. The standard InChI is InChI=1S/C12H16N2O/c13-11-5-6-14-8-10(11)7-12(15)9-3-1-2-4-9/h5-6,8-9H,1-4,7H2,(H2,13,14). The van der Waals surface area contributed by atoms with E-state index in [-0.39, 0.29) is 5.92 Å². The van der Waals surface area contributed by atoms with E-state index < -0.39 is 0 Å². The second kappa shape index (κ2) is 4.43. The summed E-state index contributed by atoms with van der Waals surface area (Å²) in [6.07, 6.45) is 8.29. The molecule has 0 spiro atoms. The minimum absolute atomic E-state index is 0.268. The van der Waals surface area contributed by atoms with Crippen LogP contribution >= 0.6 is 0 Å². The largest absolute Gasteiger partial charge is 0.398 e. The fraction of sp³-hybridized carbons (Fsp3) is 0.500. The van der Waals surface area contributed by atoms with Crippen LogP contribution in [0.1, 0.15) is 31.2 Å². The van der Waals surface area contributed by atoms with Crippen LogP contribution in [-0.2, 0) is 11.2 Å². The summed E-state index contributed by atoms with van der Waals surface area (Å²) in [4.78, 5) is 15.9. The van der Waals surface area contributed by atoms with Gasteiger partial charge in [0.2, 0.25) is 0 Å². The first-order chi connectivity index (χ1) is 7.27. The molecule has 3 heteroatoms. The molecular weight excluding hydrogens is 188 g/mol. The van der Waals surface area contributed by atoms with Crippen molar-refractivity contribution in [3.8, 4) is 0 Å². The maximum Gasteiger partial charge on any atom is 0.140 e. The van der Waals surface area contributed by atoms with Gasteiger partial charge in [-0.05, 0) is 18.9 Å². The number of rotatable bonds is 3. The van der Waals surface area contributed by atoms with Crippen molar-refractivity contribution in [1.29, 1.82) is 0 Å². The number of carbonyl (C=O) groups excluding carboxylic acids is 1. The number of hydrogen-bond acceptors (Lipinski definition) is 3. The first-order valence-corrected chi connectivity index (χ1v) is 5.48. The van der Waals surface area contributed by atoms with Crippen molar-refractivity contribution in [3.05, 3.63) is 24.0 Å². The van der Waals surface area contributed by atoms with Gasteiger partial charge >= 0.3 is 0 Å². The van der Waals surface area contributed by atoms with Gasteiger partial charge < -0.3 is 5.73 Å². The Morgan fingerprint density at radius 1 is 1.47 bits per heavy atom. The zero-order valence-corrected chi connectivity index (χ0v) is 8.78. The predicted molar refractivity (Wildman–Crippen MR) is 59.3 cm³/mol. The summed E-state index contributed by atoms with van der Waals surface area (Å²) < 4.78 is 0. The highest BCUT2D eigenvalue weighted by atomic mass is 16.1. The normalized spacial score (nSPS) is 16.8. The number of anilines is 1. The van der Waals surface area contributed by atoms with Crippen molar-refractivity contribution in [2.75, 3.05) is 5.73 Å². The Morgan fingerprint density at radius 2 is 2.20 bits per heavy atom. The van der Waals surface area contributed by atoms with Crippen LogP contribution in [0, 0.1) is 5.92 Å². The maximum absolute atomic E-state index is 11.9. The van der Waals surface area contributed by atoms with E-state index >= 15 is 0 Å². The van der Waals surface area contributed by atoms with E-state index in [0.717, 1.165) is 18.4 Å². The molecular formula is C12H16N2O. The summed E-state index contributed by atoms with van der Waals surface area (Å²) in [7, 11) is 0. The van der Waals surface area contributed by atoms with Crippen LogP contribution in [0.4, 0.5) is 5.69 Å². The van der Waals surface area contributed by atoms with E-state index in [1.165, 1.54) is 12.8 Å². The zero-order valence-electron chi connectivity index (χ0n) is 8.78. The van der Waals surface area contributed by atoms with E-state index in [4.69, 9.17) is 5.73 Å². The number of carbonyl (C=O) groups is 1. The fourth-order valence-electron chi connectivity index (χ4n) is 2.17. The molecule has 2 rings (SSSR count). The summed E-state index contributed by atoms with van der Waals surface area (Å²) in [6.45, 7) is 0. The first-order valence-electron chi connectivity index (χ1n) is 5.48. The van der Waals surface area contributed by atoms with Crippen molar-refractivity contribution in [2.24, 2.45) is 5.92 Å². The molecule has 1 aromatic heterocycles. The summed E-state index contributed by atoms with van der Waals surface area (Å²) in [6, 6.07) is 1.75. The summed E-state index contributed by atoms with van der Waals surface area (Å²) in [5.74, 6) is 0.594. The number of Topliss-reactive ketones (excluding diaryl/α,β-unsaturated/α-hetero) is 1. The molecule has 15 heavy (non-hydrogen) atoms. The highest BCUT2D eigenvalue weighted by molar-refractivity contribution is 5.84. The van der Waals surface area contributed by atoms with Gasteiger partial charge in [-0.1, -0.05) is 12.8 Å². The van der Waals surface area contributed by atoms with Gasteiger partial charge in [0.05, 0.1) is 0 Å². The third kappa shape index (κ3) is 2.35. The summed E-state index contributed by atoms with van der Waals surface area (Å²) in [5.41, 5.74) is 7.32. The second-order valence-electron chi connectivity index (χ2n) is 4.20. The molecule has 0 saturated heterocycles. The number of nitrogen functional groups attached to an aromatic ring is 1. The number of pyridine rings is 1. The minimum atomic E-state index is 0.268. The van der Waals surface area contributed by atoms with Gasteiger partial charge in [0, 0.05) is 36.0 Å². The lowest BCUT2D eigenvalue weighted by molar-refractivity contribution is -0.122. The smallest absolute Gasteiger partial charge is 0.140 e. The van der Waals surface area contributed by atoms with E-state index in [1.807, 2.05) is 0 Å². The minimum Gasteiger partial charge on any atom is -0.398 e. The molecule has 0 unspecified atom stereocenters. The number of nitrogens with zero attached hydrogens (tertiary/aromatic N) is 1. The maximum atomic E-state index is 11.9. The number of nitrogens with two attached hydrogens (primary N) is 1. The molecule has 0 aliphatic heterocycles. The lowest BCUT2D eigenvalue weighted by Gasteiger charge is -2.08. The van der Waals surface area contributed by atoms with Gasteiger partial charge in [-0.25, -0.2) is 0 Å². The van der Waals surface area contributed by atoms with Crippen molar-refractivity contribution < 1.29 is 4.79 Å². The van der Waals surface area contributed by atoms with Gasteiger partial charge in [-0.3, -0.25) is 9.78 Å². The first kappa shape index (κ1) is 10.1. The SMILES string of the molecule is Nc1ccncc1CC(=O)C1CCCC1. The van der Waals surface area contributed by atoms with E-state index in [0.29, 0.717) is 17.9 Å². The number of aromatic nitrogens is 1. The average Bonchev–Trinajstić information content (AvgIpc) is 2.74. The molecule has 1 aromatic rings. The Labute approximate surface area is 89.7 Å². The molecule has 0 radical (unpaired) electrons. The molecule has 1 fully saturated rings.